The number of ether oxygens (including phenoxy) is 1. The Morgan fingerprint density at radius 1 is 1.12 bits per heavy atom. The van der Waals surface area contributed by atoms with Crippen LogP contribution >= 0.6 is 11.3 Å². The van der Waals surface area contributed by atoms with E-state index in [1.807, 2.05) is 24.3 Å². The summed E-state index contributed by atoms with van der Waals surface area (Å²) >= 11 is 1.50. The van der Waals surface area contributed by atoms with Crippen LogP contribution in [0.2, 0.25) is 0 Å². The van der Waals surface area contributed by atoms with Gasteiger partial charge in [0.1, 0.15) is 5.00 Å². The summed E-state index contributed by atoms with van der Waals surface area (Å²) in [6.45, 7) is 4.24. The van der Waals surface area contributed by atoms with Gasteiger partial charge in [0, 0.05) is 10.4 Å². The molecular formula is C20H23NO3S. The molecular weight excluding hydrogens is 334 g/mol. The average Bonchev–Trinajstić information content (AvgIpc) is 2.98. The van der Waals surface area contributed by atoms with Crippen molar-refractivity contribution in [1.82, 2.24) is 0 Å². The van der Waals surface area contributed by atoms with Crippen LogP contribution in [0.25, 0.3) is 0 Å². The molecule has 0 spiro atoms. The number of nitrogens with one attached hydrogen (secondary N) is 1. The van der Waals surface area contributed by atoms with Crippen molar-refractivity contribution in [1.29, 1.82) is 0 Å². The summed E-state index contributed by atoms with van der Waals surface area (Å²) in [5.74, 6) is -0.143. The summed E-state index contributed by atoms with van der Waals surface area (Å²) < 4.78 is 4.95. The van der Waals surface area contributed by atoms with Crippen LogP contribution in [-0.4, -0.2) is 19.0 Å². The lowest BCUT2D eigenvalue weighted by molar-refractivity contribution is 0.0601. The highest BCUT2D eigenvalue weighted by Crippen LogP contribution is 2.38. The summed E-state index contributed by atoms with van der Waals surface area (Å²) in [6.07, 6.45) is 4.02. The second kappa shape index (κ2) is 7.40. The third kappa shape index (κ3) is 3.61. The number of methoxy groups -OCH3 is 1. The fourth-order valence-electron chi connectivity index (χ4n) is 3.17. The van der Waals surface area contributed by atoms with Gasteiger partial charge >= 0.3 is 5.97 Å². The molecule has 25 heavy (non-hydrogen) atoms. The molecule has 0 radical (unpaired) electrons. The minimum absolute atomic E-state index is 0.195. The van der Waals surface area contributed by atoms with Gasteiger partial charge in [0.05, 0.1) is 12.7 Å². The number of aryl methyl sites for hydroxylation is 1. The third-order valence-corrected chi connectivity index (χ3v) is 5.83. The van der Waals surface area contributed by atoms with Crippen molar-refractivity contribution >= 4 is 28.2 Å². The van der Waals surface area contributed by atoms with Crippen molar-refractivity contribution in [3.63, 3.8) is 0 Å². The van der Waals surface area contributed by atoms with Crippen molar-refractivity contribution in [3.8, 4) is 0 Å². The lowest BCUT2D eigenvalue weighted by Gasteiger charge is -2.12. The van der Waals surface area contributed by atoms with Crippen LogP contribution in [0, 0.1) is 0 Å². The number of amides is 1. The van der Waals surface area contributed by atoms with E-state index in [2.05, 4.69) is 19.2 Å². The molecule has 5 heteroatoms. The van der Waals surface area contributed by atoms with E-state index < -0.39 is 0 Å². The Morgan fingerprint density at radius 2 is 1.80 bits per heavy atom. The first-order chi connectivity index (χ1) is 12.0. The van der Waals surface area contributed by atoms with Gasteiger partial charge in [-0.2, -0.15) is 0 Å². The van der Waals surface area contributed by atoms with Crippen LogP contribution in [-0.2, 0) is 17.6 Å². The fourth-order valence-corrected chi connectivity index (χ4v) is 4.44. The predicted molar refractivity (Wildman–Crippen MR) is 101 cm³/mol. The van der Waals surface area contributed by atoms with Crippen LogP contribution in [0.3, 0.4) is 0 Å². The predicted octanol–water partition coefficient (Wildman–Crippen LogP) is 4.79. The van der Waals surface area contributed by atoms with E-state index in [0.717, 1.165) is 31.2 Å². The third-order valence-electron chi connectivity index (χ3n) is 4.63. The number of esters is 1. The molecule has 2 aromatic rings. The Morgan fingerprint density at radius 3 is 2.44 bits per heavy atom. The zero-order valence-corrected chi connectivity index (χ0v) is 15.7. The van der Waals surface area contributed by atoms with Crippen LogP contribution in [0.15, 0.2) is 24.3 Å². The summed E-state index contributed by atoms with van der Waals surface area (Å²) in [6, 6.07) is 7.60. The van der Waals surface area contributed by atoms with Gasteiger partial charge in [-0.25, -0.2) is 4.79 Å². The SMILES string of the molecule is COC(=O)c1c(NC(=O)c2ccc(C(C)C)cc2)sc2c1CCCC2. The molecule has 0 aliphatic heterocycles. The summed E-state index contributed by atoms with van der Waals surface area (Å²) in [7, 11) is 1.38. The zero-order valence-electron chi connectivity index (χ0n) is 14.8. The molecule has 1 aliphatic rings. The van der Waals surface area contributed by atoms with E-state index >= 15 is 0 Å². The molecule has 0 bridgehead atoms. The van der Waals surface area contributed by atoms with Crippen LogP contribution < -0.4 is 5.32 Å². The molecule has 1 aromatic heterocycles. The molecule has 3 rings (SSSR count). The minimum Gasteiger partial charge on any atom is -0.465 e. The molecule has 1 aromatic carbocycles. The summed E-state index contributed by atoms with van der Waals surface area (Å²) in [5, 5.41) is 3.53. The molecule has 132 valence electrons. The average molecular weight is 357 g/mol. The number of carbonyl (C=O) groups excluding carboxylic acids is 2. The van der Waals surface area contributed by atoms with Gasteiger partial charge in [-0.05, 0) is 54.9 Å². The fraction of sp³-hybridized carbons (Fsp3) is 0.400. The van der Waals surface area contributed by atoms with Crippen molar-refractivity contribution in [2.45, 2.75) is 45.4 Å². The molecule has 0 unspecified atom stereocenters. The number of carbonyl (C=O) groups is 2. The molecule has 1 heterocycles. The quantitative estimate of drug-likeness (QED) is 0.801. The standard InChI is InChI=1S/C20H23NO3S/c1-12(2)13-8-10-14(11-9-13)18(22)21-19-17(20(23)24-3)15-6-4-5-7-16(15)25-19/h8-12H,4-7H2,1-3H3,(H,21,22). The number of hydrogen-bond acceptors (Lipinski definition) is 4. The van der Waals surface area contributed by atoms with Crippen molar-refractivity contribution in [2.75, 3.05) is 12.4 Å². The van der Waals surface area contributed by atoms with E-state index in [9.17, 15) is 9.59 Å². The Bertz CT molecular complexity index is 790. The molecule has 4 nitrogen and oxygen atoms in total. The van der Waals surface area contributed by atoms with Crippen LogP contribution in [0.5, 0.6) is 0 Å². The first kappa shape index (κ1) is 17.7. The number of thiophene rings is 1. The maximum absolute atomic E-state index is 12.6. The molecule has 1 N–H and O–H groups in total. The highest BCUT2D eigenvalue weighted by molar-refractivity contribution is 7.17. The van der Waals surface area contributed by atoms with Crippen LogP contribution in [0.1, 0.15) is 69.3 Å². The second-order valence-corrected chi connectivity index (χ2v) is 7.74. The number of benzene rings is 1. The largest absolute Gasteiger partial charge is 0.465 e. The summed E-state index contributed by atoms with van der Waals surface area (Å²) in [5.41, 5.74) is 3.37. The van der Waals surface area contributed by atoms with E-state index in [0.29, 0.717) is 22.0 Å². The van der Waals surface area contributed by atoms with Gasteiger partial charge in [-0.1, -0.05) is 26.0 Å². The van der Waals surface area contributed by atoms with E-state index in [4.69, 9.17) is 4.74 Å². The maximum atomic E-state index is 12.6. The minimum atomic E-state index is -0.371. The number of hydrogen-bond donors (Lipinski definition) is 1. The Labute approximate surface area is 152 Å². The monoisotopic (exact) mass is 357 g/mol. The van der Waals surface area contributed by atoms with Gasteiger partial charge in [0.15, 0.2) is 0 Å². The molecule has 1 aliphatic carbocycles. The number of anilines is 1. The van der Waals surface area contributed by atoms with Crippen molar-refractivity contribution in [2.24, 2.45) is 0 Å². The normalized spacial score (nSPS) is 13.4. The van der Waals surface area contributed by atoms with Gasteiger partial charge in [-0.3, -0.25) is 4.79 Å². The molecule has 0 saturated heterocycles. The van der Waals surface area contributed by atoms with E-state index in [1.54, 1.807) is 0 Å². The van der Waals surface area contributed by atoms with Gasteiger partial charge in [0.2, 0.25) is 0 Å². The number of rotatable bonds is 4. The smallest absolute Gasteiger partial charge is 0.341 e. The highest BCUT2D eigenvalue weighted by atomic mass is 32.1. The lowest BCUT2D eigenvalue weighted by Crippen LogP contribution is -2.15. The Hall–Kier alpha value is -2.14. The van der Waals surface area contributed by atoms with Gasteiger partial charge < -0.3 is 10.1 Å². The van der Waals surface area contributed by atoms with Gasteiger partial charge in [0.25, 0.3) is 5.91 Å². The maximum Gasteiger partial charge on any atom is 0.341 e. The lowest BCUT2D eigenvalue weighted by atomic mass is 9.95. The van der Waals surface area contributed by atoms with E-state index in [1.165, 1.54) is 28.9 Å². The van der Waals surface area contributed by atoms with Crippen molar-refractivity contribution < 1.29 is 14.3 Å². The Balaban J connectivity index is 1.88. The molecule has 0 fully saturated rings. The molecule has 0 saturated carbocycles. The van der Waals surface area contributed by atoms with Gasteiger partial charge in [-0.15, -0.1) is 11.3 Å². The molecule has 1 amide bonds. The Kier molecular flexibility index (Phi) is 5.23. The van der Waals surface area contributed by atoms with Crippen molar-refractivity contribution in [3.05, 3.63) is 51.4 Å². The first-order valence-electron chi connectivity index (χ1n) is 8.65. The zero-order chi connectivity index (χ0) is 18.0. The summed E-state index contributed by atoms with van der Waals surface area (Å²) in [4.78, 5) is 26.0. The first-order valence-corrected chi connectivity index (χ1v) is 9.47. The topological polar surface area (TPSA) is 55.4 Å². The number of fused-ring (bicyclic) bond motifs is 1. The van der Waals surface area contributed by atoms with E-state index in [-0.39, 0.29) is 11.9 Å². The highest BCUT2D eigenvalue weighted by Gasteiger charge is 2.27. The van der Waals surface area contributed by atoms with Crippen LogP contribution in [0.4, 0.5) is 5.00 Å². The second-order valence-electron chi connectivity index (χ2n) is 6.64. The molecule has 0 atom stereocenters.